The van der Waals surface area contributed by atoms with Gasteiger partial charge < -0.3 is 30.4 Å². The highest BCUT2D eigenvalue weighted by Gasteiger charge is 2.27. The molecule has 12 nitrogen and oxygen atoms in total. The van der Waals surface area contributed by atoms with Crippen molar-refractivity contribution in [2.24, 2.45) is 5.92 Å². The third-order valence-corrected chi connectivity index (χ3v) is 12.2. The molecule has 6 rings (SSSR count). The number of nitrogens with zero attached hydrogens (tertiary/aromatic N) is 2. The van der Waals surface area contributed by atoms with Gasteiger partial charge in [0.1, 0.15) is 19.0 Å². The molecule has 2 aromatic rings. The van der Waals surface area contributed by atoms with Crippen LogP contribution in [0.25, 0.3) is 0 Å². The lowest BCUT2D eigenvalue weighted by Crippen LogP contribution is -2.40. The van der Waals surface area contributed by atoms with Crippen LogP contribution in [0.3, 0.4) is 0 Å². The number of aldehydes is 1. The molecule has 0 aliphatic heterocycles. The van der Waals surface area contributed by atoms with Crippen molar-refractivity contribution in [2.75, 3.05) is 57.3 Å². The van der Waals surface area contributed by atoms with Crippen molar-refractivity contribution in [1.29, 1.82) is 0 Å². The van der Waals surface area contributed by atoms with E-state index >= 15 is 0 Å². The maximum absolute atomic E-state index is 12.3. The van der Waals surface area contributed by atoms with Gasteiger partial charge in [0.05, 0.1) is 0 Å². The minimum Gasteiger partial charge on any atom is -0.341 e. The molecule has 0 fully saturated rings. The number of nitrogens with one attached hydrogen (secondary N) is 4. The Hall–Kier alpha value is -3.81. The third kappa shape index (κ3) is 13.7. The first-order valence-electron chi connectivity index (χ1n) is 20.6. The largest absolute Gasteiger partial charge is 0.341 e. The summed E-state index contributed by atoms with van der Waals surface area (Å²) in [6.07, 6.45) is 18.0. The zero-order chi connectivity index (χ0) is 41.3. The number of fused-ring (bicyclic) bond motifs is 4. The van der Waals surface area contributed by atoms with Crippen molar-refractivity contribution in [2.45, 2.75) is 124 Å². The molecule has 13 heteroatoms. The van der Waals surface area contributed by atoms with E-state index < -0.39 is 16.1 Å². The highest BCUT2D eigenvalue weighted by Crippen LogP contribution is 2.39. The van der Waals surface area contributed by atoms with Crippen LogP contribution in [0.15, 0.2) is 12.1 Å². The van der Waals surface area contributed by atoms with Crippen molar-refractivity contribution in [1.82, 2.24) is 19.8 Å². The normalized spacial score (nSPS) is 15.1. The fourth-order valence-corrected chi connectivity index (χ4v) is 9.72. The van der Waals surface area contributed by atoms with Gasteiger partial charge in [-0.2, -0.15) is 0 Å². The first-order valence-corrected chi connectivity index (χ1v) is 22.3. The second-order valence-electron chi connectivity index (χ2n) is 15.7. The van der Waals surface area contributed by atoms with E-state index in [0.29, 0.717) is 18.9 Å². The molecule has 1 unspecified atom stereocenters. The summed E-state index contributed by atoms with van der Waals surface area (Å²) in [7, 11) is 1.85. The number of rotatable bonds is 14. The van der Waals surface area contributed by atoms with Gasteiger partial charge in [-0.25, -0.2) is 22.7 Å². The second kappa shape index (κ2) is 23.4. The van der Waals surface area contributed by atoms with Crippen LogP contribution < -0.4 is 20.7 Å². The molecule has 0 heterocycles. The summed E-state index contributed by atoms with van der Waals surface area (Å²) in [4.78, 5) is 46.0. The van der Waals surface area contributed by atoms with Gasteiger partial charge in [-0.15, -0.1) is 0 Å². The van der Waals surface area contributed by atoms with Crippen LogP contribution in [0.1, 0.15) is 122 Å². The standard InChI is InChI=1S/C18H27N3O3S.C14H18N2O.C10H21NO.CH2O.4H2/c1-3-10-21(2)12-25(23,24)20-18(22)19-17-15-8-4-6-13(15)11-14-7-5-9-16(14)17;1-15-14(17)16-13-11-6-2-4-9(11)8-10-5-3-7-12(10)13;1-4-7-11(3)9-10(2)6-5-8-12;1-2;;;;/h11H,3-10,12H2,1-2H3,(H2,19,20,22);8H,2-7H2,1H3,(H2,15,16,17);8,10H,4-7,9H2,1-3H3;1H2;4*1H. The third-order valence-electron chi connectivity index (χ3n) is 10.9. The Balaban J connectivity index is 0. The first-order chi connectivity index (χ1) is 26.9. The average Bonchev–Trinajstić information content (AvgIpc) is 3.99. The lowest BCUT2D eigenvalue weighted by molar-refractivity contribution is -0.108. The molecule has 0 aromatic heterocycles. The van der Waals surface area contributed by atoms with Gasteiger partial charge in [-0.1, -0.05) is 32.9 Å². The number of benzene rings is 2. The van der Waals surface area contributed by atoms with E-state index in [0.717, 1.165) is 95.0 Å². The lowest BCUT2D eigenvalue weighted by atomic mass is 9.99. The highest BCUT2D eigenvalue weighted by atomic mass is 32.2. The zero-order valence-corrected chi connectivity index (χ0v) is 35.7. The van der Waals surface area contributed by atoms with Crippen molar-refractivity contribution < 1.29 is 33.3 Å². The fourth-order valence-electron chi connectivity index (χ4n) is 8.61. The molecule has 56 heavy (non-hydrogen) atoms. The van der Waals surface area contributed by atoms with Crippen LogP contribution >= 0.6 is 0 Å². The minimum atomic E-state index is -3.69. The number of hydrogen-bond donors (Lipinski definition) is 4. The number of sulfonamides is 1. The maximum atomic E-state index is 12.3. The number of carbonyl (C=O) groups is 4. The summed E-state index contributed by atoms with van der Waals surface area (Å²) >= 11 is 0. The van der Waals surface area contributed by atoms with Crippen LogP contribution in [0.4, 0.5) is 21.0 Å². The number of carbonyl (C=O) groups excluding carboxylic acids is 4. The molecule has 4 aliphatic carbocycles. The van der Waals surface area contributed by atoms with Crippen molar-refractivity contribution in [3.63, 3.8) is 0 Å². The Bertz CT molecular complexity index is 1690. The van der Waals surface area contributed by atoms with E-state index in [4.69, 9.17) is 4.79 Å². The van der Waals surface area contributed by atoms with Crippen LogP contribution in [0, 0.1) is 5.92 Å². The smallest absolute Gasteiger partial charge is 0.332 e. The number of anilines is 2. The molecule has 4 N–H and O–H groups in total. The molecular formula is C43H76N6O6S. The number of hydrogen-bond acceptors (Lipinski definition) is 8. The summed E-state index contributed by atoms with van der Waals surface area (Å²) < 4.78 is 26.5. The zero-order valence-electron chi connectivity index (χ0n) is 34.9. The summed E-state index contributed by atoms with van der Waals surface area (Å²) in [5.41, 5.74) is 12.7. The molecule has 4 amide bonds. The van der Waals surface area contributed by atoms with E-state index in [2.05, 4.69) is 58.6 Å². The second-order valence-corrected chi connectivity index (χ2v) is 17.4. The topological polar surface area (TPSA) is 157 Å². The molecule has 0 radical (unpaired) electrons. The van der Waals surface area contributed by atoms with Gasteiger partial charge in [0, 0.05) is 37.1 Å². The molecule has 0 spiro atoms. The molecular weight excluding hydrogens is 729 g/mol. The Morgan fingerprint density at radius 1 is 0.750 bits per heavy atom. The predicted octanol–water partition coefficient (Wildman–Crippen LogP) is 7.57. The van der Waals surface area contributed by atoms with Crippen molar-refractivity contribution in [3.8, 4) is 0 Å². The van der Waals surface area contributed by atoms with E-state index in [9.17, 15) is 22.8 Å². The van der Waals surface area contributed by atoms with E-state index in [1.54, 1.807) is 19.0 Å². The lowest BCUT2D eigenvalue weighted by Gasteiger charge is -2.19. The Labute approximate surface area is 342 Å². The molecule has 1 atom stereocenters. The van der Waals surface area contributed by atoms with Crippen LogP contribution in [0.5, 0.6) is 0 Å². The number of amides is 4. The van der Waals surface area contributed by atoms with Gasteiger partial charge in [-0.05, 0) is 174 Å². The minimum absolute atomic E-state index is 0. The van der Waals surface area contributed by atoms with Gasteiger partial charge in [0.25, 0.3) is 0 Å². The quantitative estimate of drug-likeness (QED) is 0.143. The van der Waals surface area contributed by atoms with Gasteiger partial charge in [0.2, 0.25) is 10.0 Å². The first kappa shape index (κ1) is 46.6. The van der Waals surface area contributed by atoms with E-state index in [1.807, 2.05) is 13.7 Å². The highest BCUT2D eigenvalue weighted by molar-refractivity contribution is 7.89. The summed E-state index contributed by atoms with van der Waals surface area (Å²) in [6, 6.07) is 3.91. The Morgan fingerprint density at radius 3 is 1.55 bits per heavy atom. The summed E-state index contributed by atoms with van der Waals surface area (Å²) in [5, 5.41) is 8.54. The summed E-state index contributed by atoms with van der Waals surface area (Å²) in [5.74, 6) is 0.464. The van der Waals surface area contributed by atoms with Gasteiger partial charge in [-0.3, -0.25) is 4.90 Å². The van der Waals surface area contributed by atoms with E-state index in [-0.39, 0.29) is 17.6 Å². The molecule has 2 aromatic carbocycles. The Morgan fingerprint density at radius 2 is 1.16 bits per heavy atom. The van der Waals surface area contributed by atoms with Gasteiger partial charge in [0.15, 0.2) is 0 Å². The Kier molecular flexibility index (Phi) is 19.5. The van der Waals surface area contributed by atoms with Crippen LogP contribution in [-0.2, 0) is 71.0 Å². The fraction of sp³-hybridized carbons (Fsp3) is 0.628. The number of urea groups is 2. The SMILES string of the molecule is C=O.CCCN(C)CC(C)CCC=O.CCCN(C)CS(=O)(=O)NC(=O)Nc1c2c(cc3c1CCC3)CCC2.CNC(=O)Nc1c2c(cc3c1CCC3)CCC2.[HH].[HH].[HH].[HH]. The maximum Gasteiger partial charge on any atom is 0.332 e. The monoisotopic (exact) mass is 805 g/mol. The molecule has 320 valence electrons. The van der Waals surface area contributed by atoms with Crippen molar-refractivity contribution in [3.05, 3.63) is 56.6 Å². The van der Waals surface area contributed by atoms with Crippen LogP contribution in [0.2, 0.25) is 0 Å². The average molecular weight is 805 g/mol. The molecule has 0 saturated heterocycles. The van der Waals surface area contributed by atoms with E-state index in [1.165, 1.54) is 76.6 Å². The predicted molar refractivity (Wildman–Crippen MR) is 236 cm³/mol. The summed E-state index contributed by atoms with van der Waals surface area (Å²) in [6.45, 7) is 11.3. The van der Waals surface area contributed by atoms with Gasteiger partial charge >= 0.3 is 12.1 Å². The number of aryl methyl sites for hydroxylation is 4. The molecule has 4 aliphatic rings. The molecule has 0 bridgehead atoms. The molecule has 0 saturated carbocycles. The van der Waals surface area contributed by atoms with Crippen molar-refractivity contribution >= 4 is 46.5 Å². The van der Waals surface area contributed by atoms with Crippen LogP contribution in [-0.4, -0.2) is 90.0 Å².